The van der Waals surface area contributed by atoms with E-state index in [1.54, 1.807) is 11.3 Å². The molecule has 2 aromatic heterocycles. The number of thiophene rings is 1. The monoisotopic (exact) mass is 290 g/mol. The van der Waals surface area contributed by atoms with E-state index in [-0.39, 0.29) is 5.41 Å². The molecule has 4 nitrogen and oxygen atoms in total. The maximum Gasteiger partial charge on any atom is 0.224 e. The maximum atomic E-state index is 4.52. The molecule has 0 radical (unpaired) electrons. The van der Waals surface area contributed by atoms with Crippen molar-refractivity contribution in [2.45, 2.75) is 33.1 Å². The molecular weight excluding hydrogens is 268 g/mol. The molecule has 0 aliphatic heterocycles. The number of nitrogens with one attached hydrogen (secondary N) is 2. The van der Waals surface area contributed by atoms with Crippen molar-refractivity contribution < 1.29 is 0 Å². The van der Waals surface area contributed by atoms with Crippen LogP contribution in [0.3, 0.4) is 0 Å². The predicted molar refractivity (Wildman–Crippen MR) is 86.8 cm³/mol. The van der Waals surface area contributed by atoms with Gasteiger partial charge in [-0.3, -0.25) is 0 Å². The van der Waals surface area contributed by atoms with Crippen LogP contribution in [-0.2, 0) is 5.41 Å². The van der Waals surface area contributed by atoms with E-state index in [9.17, 15) is 0 Å². The van der Waals surface area contributed by atoms with Crippen molar-refractivity contribution in [3.8, 4) is 0 Å². The Morgan fingerprint density at radius 2 is 2.10 bits per heavy atom. The molecule has 0 aromatic carbocycles. The van der Waals surface area contributed by atoms with Gasteiger partial charge in [-0.15, -0.1) is 11.3 Å². The van der Waals surface area contributed by atoms with Crippen molar-refractivity contribution in [2.75, 3.05) is 23.7 Å². The molecule has 0 bridgehead atoms. The van der Waals surface area contributed by atoms with Crippen LogP contribution in [0, 0.1) is 6.92 Å². The number of nitrogens with zero attached hydrogens (tertiary/aromatic N) is 2. The van der Waals surface area contributed by atoms with Crippen LogP contribution >= 0.6 is 11.3 Å². The van der Waals surface area contributed by atoms with Crippen molar-refractivity contribution in [2.24, 2.45) is 0 Å². The molecule has 2 heterocycles. The minimum absolute atomic E-state index is 0.0872. The Bertz CT molecular complexity index is 549. The summed E-state index contributed by atoms with van der Waals surface area (Å²) >= 11 is 1.80. The van der Waals surface area contributed by atoms with Gasteiger partial charge in [-0.1, -0.05) is 19.9 Å². The van der Waals surface area contributed by atoms with Crippen molar-refractivity contribution in [3.05, 3.63) is 34.2 Å². The van der Waals surface area contributed by atoms with Crippen LogP contribution in [-0.4, -0.2) is 23.1 Å². The summed E-state index contributed by atoms with van der Waals surface area (Å²) in [6.07, 6.45) is 1.85. The number of rotatable bonds is 6. The fraction of sp³-hybridized carbons (Fsp3) is 0.467. The van der Waals surface area contributed by atoms with E-state index in [1.165, 1.54) is 4.88 Å². The quantitative estimate of drug-likeness (QED) is 0.852. The summed E-state index contributed by atoms with van der Waals surface area (Å²) in [6.45, 7) is 10.2. The minimum atomic E-state index is 0.0872. The molecule has 0 aliphatic rings. The summed E-state index contributed by atoms with van der Waals surface area (Å²) in [4.78, 5) is 10.2. The Kier molecular flexibility index (Phi) is 4.60. The molecule has 2 rings (SSSR count). The number of hydrogen-bond donors (Lipinski definition) is 2. The second-order valence-electron chi connectivity index (χ2n) is 5.47. The van der Waals surface area contributed by atoms with Gasteiger partial charge in [-0.25, -0.2) is 4.98 Å². The predicted octanol–water partition coefficient (Wildman–Crippen LogP) is 3.67. The first kappa shape index (κ1) is 14.8. The lowest BCUT2D eigenvalue weighted by Crippen LogP contribution is -2.27. The molecule has 108 valence electrons. The second kappa shape index (κ2) is 6.22. The van der Waals surface area contributed by atoms with Crippen LogP contribution in [0.2, 0.25) is 0 Å². The highest BCUT2D eigenvalue weighted by Gasteiger charge is 2.21. The van der Waals surface area contributed by atoms with Crippen LogP contribution in [0.1, 0.15) is 31.2 Å². The van der Waals surface area contributed by atoms with Crippen molar-refractivity contribution in [1.82, 2.24) is 9.97 Å². The highest BCUT2D eigenvalue weighted by molar-refractivity contribution is 7.10. The molecule has 2 N–H and O–H groups in total. The lowest BCUT2D eigenvalue weighted by atomic mass is 9.91. The van der Waals surface area contributed by atoms with Crippen LogP contribution in [0.15, 0.2) is 23.7 Å². The van der Waals surface area contributed by atoms with E-state index in [0.29, 0.717) is 5.95 Å². The fourth-order valence-corrected chi connectivity index (χ4v) is 2.77. The summed E-state index contributed by atoms with van der Waals surface area (Å²) < 4.78 is 0. The Balaban J connectivity index is 2.08. The number of aromatic nitrogens is 2. The highest BCUT2D eigenvalue weighted by Crippen LogP contribution is 2.28. The number of anilines is 2. The van der Waals surface area contributed by atoms with E-state index in [4.69, 9.17) is 0 Å². The SMILES string of the molecule is CCNc1ncc(C)c(NCC(C)(C)c2cccs2)n1. The van der Waals surface area contributed by atoms with Gasteiger partial charge in [-0.2, -0.15) is 4.98 Å². The molecule has 0 atom stereocenters. The third kappa shape index (κ3) is 3.48. The van der Waals surface area contributed by atoms with Gasteiger partial charge in [0.15, 0.2) is 0 Å². The molecule has 0 unspecified atom stereocenters. The lowest BCUT2D eigenvalue weighted by molar-refractivity contribution is 0.568. The van der Waals surface area contributed by atoms with Gasteiger partial charge in [0, 0.05) is 35.1 Å². The van der Waals surface area contributed by atoms with Crippen LogP contribution in [0.25, 0.3) is 0 Å². The zero-order chi connectivity index (χ0) is 14.6. The molecule has 0 spiro atoms. The van der Waals surface area contributed by atoms with Crippen LogP contribution in [0.4, 0.5) is 11.8 Å². The zero-order valence-electron chi connectivity index (χ0n) is 12.5. The average Bonchev–Trinajstić information content (AvgIpc) is 2.94. The first-order valence-corrected chi connectivity index (χ1v) is 7.76. The molecule has 0 amide bonds. The molecule has 0 fully saturated rings. The lowest BCUT2D eigenvalue weighted by Gasteiger charge is -2.24. The fourth-order valence-electron chi connectivity index (χ4n) is 1.92. The zero-order valence-corrected chi connectivity index (χ0v) is 13.3. The van der Waals surface area contributed by atoms with Crippen molar-refractivity contribution in [3.63, 3.8) is 0 Å². The van der Waals surface area contributed by atoms with Gasteiger partial charge in [0.25, 0.3) is 0 Å². The van der Waals surface area contributed by atoms with E-state index in [2.05, 4.69) is 52.0 Å². The summed E-state index contributed by atoms with van der Waals surface area (Å²) in [6, 6.07) is 4.28. The van der Waals surface area contributed by atoms with Gasteiger partial charge in [-0.05, 0) is 25.3 Å². The summed E-state index contributed by atoms with van der Waals surface area (Å²) in [7, 11) is 0. The van der Waals surface area contributed by atoms with E-state index >= 15 is 0 Å². The third-order valence-corrected chi connectivity index (χ3v) is 4.43. The van der Waals surface area contributed by atoms with Gasteiger partial charge in [0.2, 0.25) is 5.95 Å². The molecule has 20 heavy (non-hydrogen) atoms. The van der Waals surface area contributed by atoms with E-state index in [0.717, 1.165) is 24.5 Å². The maximum absolute atomic E-state index is 4.52. The summed E-state index contributed by atoms with van der Waals surface area (Å²) in [5, 5.41) is 8.72. The first-order chi connectivity index (χ1) is 9.53. The third-order valence-electron chi connectivity index (χ3n) is 3.19. The normalized spacial score (nSPS) is 11.4. The molecular formula is C15H22N4S. The van der Waals surface area contributed by atoms with E-state index in [1.807, 2.05) is 20.0 Å². The van der Waals surface area contributed by atoms with Gasteiger partial charge < -0.3 is 10.6 Å². The Morgan fingerprint density at radius 3 is 2.75 bits per heavy atom. The summed E-state index contributed by atoms with van der Waals surface area (Å²) in [5.41, 5.74) is 1.15. The van der Waals surface area contributed by atoms with Gasteiger partial charge >= 0.3 is 0 Å². The Hall–Kier alpha value is -1.62. The van der Waals surface area contributed by atoms with Gasteiger partial charge in [0.05, 0.1) is 0 Å². The average molecular weight is 290 g/mol. The first-order valence-electron chi connectivity index (χ1n) is 6.88. The molecule has 5 heteroatoms. The number of hydrogen-bond acceptors (Lipinski definition) is 5. The minimum Gasteiger partial charge on any atom is -0.369 e. The topological polar surface area (TPSA) is 49.8 Å². The molecule has 0 aliphatic carbocycles. The largest absolute Gasteiger partial charge is 0.369 e. The highest BCUT2D eigenvalue weighted by atomic mass is 32.1. The standard InChI is InChI=1S/C15H22N4S/c1-5-16-14-17-9-11(2)13(19-14)18-10-15(3,4)12-7-6-8-20-12/h6-9H,5,10H2,1-4H3,(H2,16,17,18,19). The van der Waals surface area contributed by atoms with Gasteiger partial charge in [0.1, 0.15) is 5.82 Å². The van der Waals surface area contributed by atoms with Crippen molar-refractivity contribution in [1.29, 1.82) is 0 Å². The van der Waals surface area contributed by atoms with Crippen molar-refractivity contribution >= 4 is 23.1 Å². The Labute approximate surface area is 124 Å². The second-order valence-corrected chi connectivity index (χ2v) is 6.42. The number of aryl methyl sites for hydroxylation is 1. The Morgan fingerprint density at radius 1 is 1.30 bits per heavy atom. The van der Waals surface area contributed by atoms with Crippen LogP contribution in [0.5, 0.6) is 0 Å². The van der Waals surface area contributed by atoms with Crippen LogP contribution < -0.4 is 10.6 Å². The molecule has 2 aromatic rings. The van der Waals surface area contributed by atoms with E-state index < -0.39 is 0 Å². The summed E-state index contributed by atoms with van der Waals surface area (Å²) in [5.74, 6) is 1.58. The smallest absolute Gasteiger partial charge is 0.224 e. The molecule has 0 saturated carbocycles. The molecule has 0 saturated heterocycles.